The number of nitrogens with one attached hydrogen (secondary N) is 3. The lowest BCUT2D eigenvalue weighted by Gasteiger charge is -2.27. The second kappa shape index (κ2) is 11.0. The van der Waals surface area contributed by atoms with E-state index in [1.54, 1.807) is 24.4 Å². The first kappa shape index (κ1) is 25.5. The zero-order chi connectivity index (χ0) is 25.8. The molecule has 10 nitrogen and oxygen atoms in total. The number of halogens is 2. The first-order valence-corrected chi connectivity index (χ1v) is 12.8. The van der Waals surface area contributed by atoms with Gasteiger partial charge in [-0.1, -0.05) is 6.07 Å². The average Bonchev–Trinajstić information content (AvgIpc) is 3.32. The lowest BCUT2D eigenvalue weighted by Crippen LogP contribution is -2.47. The van der Waals surface area contributed by atoms with E-state index in [2.05, 4.69) is 36.8 Å². The van der Waals surface area contributed by atoms with Crippen LogP contribution in [-0.2, 0) is 14.4 Å². The molecule has 2 aromatic carbocycles. The van der Waals surface area contributed by atoms with Crippen LogP contribution in [0.15, 0.2) is 58.8 Å². The van der Waals surface area contributed by atoms with Crippen molar-refractivity contribution in [3.05, 3.63) is 70.2 Å². The van der Waals surface area contributed by atoms with Crippen LogP contribution in [0, 0.1) is 5.82 Å². The molecule has 5 N–H and O–H groups in total. The van der Waals surface area contributed by atoms with Crippen LogP contribution in [0.1, 0.15) is 17.2 Å². The number of carbonyl (C=O) groups excluding carboxylic acids is 3. The van der Waals surface area contributed by atoms with Crippen molar-refractivity contribution in [2.75, 3.05) is 18.1 Å². The van der Waals surface area contributed by atoms with Crippen LogP contribution in [0.5, 0.6) is 0 Å². The summed E-state index contributed by atoms with van der Waals surface area (Å²) >= 11 is 4.68. The van der Waals surface area contributed by atoms with Crippen molar-refractivity contribution < 1.29 is 23.6 Å². The molecule has 2 heterocycles. The van der Waals surface area contributed by atoms with Gasteiger partial charge in [-0.15, -0.1) is 5.06 Å². The molecule has 0 fully saturated rings. The number of thioether (sulfide) groups is 1. The van der Waals surface area contributed by atoms with Gasteiger partial charge in [0, 0.05) is 16.3 Å². The minimum absolute atomic E-state index is 0.0669. The van der Waals surface area contributed by atoms with Gasteiger partial charge in [0.1, 0.15) is 11.9 Å². The van der Waals surface area contributed by atoms with Gasteiger partial charge in [0.25, 0.3) is 0 Å². The van der Waals surface area contributed by atoms with Crippen LogP contribution in [0.4, 0.5) is 14.9 Å². The highest BCUT2D eigenvalue weighted by atomic mass is 79.9. The van der Waals surface area contributed by atoms with E-state index in [9.17, 15) is 18.8 Å². The fourth-order valence-electron chi connectivity index (χ4n) is 3.62. The number of aromatic nitrogens is 2. The Morgan fingerprint density at radius 1 is 1.33 bits per heavy atom. The molecule has 3 aromatic rings. The third-order valence-corrected chi connectivity index (χ3v) is 7.16. The summed E-state index contributed by atoms with van der Waals surface area (Å²) in [4.78, 5) is 42.4. The van der Waals surface area contributed by atoms with Crippen LogP contribution in [0.25, 0.3) is 10.9 Å². The van der Waals surface area contributed by atoms with Crippen molar-refractivity contribution in [3.63, 3.8) is 0 Å². The van der Waals surface area contributed by atoms with Gasteiger partial charge in [0.2, 0.25) is 5.91 Å². The van der Waals surface area contributed by atoms with Crippen LogP contribution in [-0.4, -0.2) is 52.0 Å². The zero-order valence-electron chi connectivity index (χ0n) is 19.0. The van der Waals surface area contributed by atoms with Gasteiger partial charge in [0.05, 0.1) is 34.5 Å². The SMILES string of the molecule is CSC(CC(Nc1ccc2[nH]ncc2c1)C(=O)ON1C=C(C(N)=O)CNC1=O)c1ccc(F)c(Br)c1. The molecule has 0 bridgehead atoms. The summed E-state index contributed by atoms with van der Waals surface area (Å²) in [5.74, 6) is -1.91. The number of carbonyl (C=O) groups is 3. The molecule has 2 atom stereocenters. The Labute approximate surface area is 217 Å². The molecule has 2 unspecified atom stereocenters. The minimum atomic E-state index is -0.921. The number of nitrogens with two attached hydrogens (primary N) is 1. The van der Waals surface area contributed by atoms with Crippen LogP contribution < -0.4 is 16.4 Å². The highest BCUT2D eigenvalue weighted by molar-refractivity contribution is 9.10. The number of H-pyrrole nitrogens is 1. The van der Waals surface area contributed by atoms with Crippen molar-refractivity contribution >= 4 is 62.2 Å². The van der Waals surface area contributed by atoms with E-state index in [1.165, 1.54) is 17.8 Å². The molecule has 3 amide bonds. The number of hydrogen-bond acceptors (Lipinski definition) is 7. The third-order valence-electron chi connectivity index (χ3n) is 5.52. The maximum absolute atomic E-state index is 13.8. The Hall–Kier alpha value is -3.58. The summed E-state index contributed by atoms with van der Waals surface area (Å²) in [5.41, 5.74) is 7.63. The van der Waals surface area contributed by atoms with Gasteiger partial charge in [0.15, 0.2) is 0 Å². The van der Waals surface area contributed by atoms with Gasteiger partial charge in [-0.25, -0.2) is 14.0 Å². The van der Waals surface area contributed by atoms with Gasteiger partial charge in [-0.3, -0.25) is 9.89 Å². The normalized spacial score (nSPS) is 15.1. The Morgan fingerprint density at radius 2 is 2.14 bits per heavy atom. The molecule has 36 heavy (non-hydrogen) atoms. The quantitative estimate of drug-likeness (QED) is 0.305. The summed E-state index contributed by atoms with van der Waals surface area (Å²) in [6.45, 7) is -0.0669. The molecule has 0 saturated heterocycles. The van der Waals surface area contributed by atoms with Gasteiger partial charge in [-0.2, -0.15) is 16.9 Å². The van der Waals surface area contributed by atoms with Crippen LogP contribution in [0.3, 0.4) is 0 Å². The molecular weight excluding hydrogens is 555 g/mol. The summed E-state index contributed by atoms with van der Waals surface area (Å²) in [6.07, 6.45) is 4.87. The molecule has 4 rings (SSSR count). The van der Waals surface area contributed by atoms with Crippen molar-refractivity contribution in [1.82, 2.24) is 20.6 Å². The Morgan fingerprint density at radius 3 is 2.86 bits per heavy atom. The number of hydroxylamine groups is 2. The molecular formula is C23H22BrFN6O4S. The summed E-state index contributed by atoms with van der Waals surface area (Å²) in [5, 5.41) is 13.7. The lowest BCUT2D eigenvalue weighted by atomic mass is 10.0. The average molecular weight is 577 g/mol. The number of primary amides is 1. The summed E-state index contributed by atoms with van der Waals surface area (Å²) < 4.78 is 14.1. The van der Waals surface area contributed by atoms with Gasteiger partial charge in [-0.05, 0) is 64.5 Å². The molecule has 0 aliphatic carbocycles. The standard InChI is InChI=1S/C23H22BrFN6O4S/c1-36-20(12-2-4-17(25)16(24)7-12)8-19(29-15-3-5-18-13(6-15)10-28-30-18)22(33)35-31-11-14(21(26)32)9-27-23(31)34/h2-7,10-11,19-20,29H,8-9H2,1H3,(H2,26,32)(H,27,34)(H,28,30). The Kier molecular flexibility index (Phi) is 7.79. The zero-order valence-corrected chi connectivity index (χ0v) is 21.4. The molecule has 13 heteroatoms. The fourth-order valence-corrected chi connectivity index (χ4v) is 4.82. The first-order valence-electron chi connectivity index (χ1n) is 10.7. The summed E-state index contributed by atoms with van der Waals surface area (Å²) in [7, 11) is 0. The Balaban J connectivity index is 1.61. The number of rotatable bonds is 9. The predicted octanol–water partition coefficient (Wildman–Crippen LogP) is 3.59. The topological polar surface area (TPSA) is 142 Å². The maximum Gasteiger partial charge on any atom is 0.355 e. The Bertz CT molecular complexity index is 1350. The molecule has 0 radical (unpaired) electrons. The van der Waals surface area contributed by atoms with E-state index in [-0.39, 0.29) is 23.8 Å². The van der Waals surface area contributed by atoms with Crippen LogP contribution >= 0.6 is 27.7 Å². The number of hydrogen-bond donors (Lipinski definition) is 4. The van der Waals surface area contributed by atoms with E-state index in [0.29, 0.717) is 15.2 Å². The second-order valence-electron chi connectivity index (χ2n) is 7.92. The van der Waals surface area contributed by atoms with Crippen molar-refractivity contribution in [2.24, 2.45) is 5.73 Å². The lowest BCUT2D eigenvalue weighted by molar-refractivity contribution is -0.170. The van der Waals surface area contributed by atoms with E-state index >= 15 is 0 Å². The minimum Gasteiger partial charge on any atom is -0.372 e. The number of benzene rings is 2. The van der Waals surface area contributed by atoms with E-state index in [1.807, 2.05) is 18.4 Å². The molecule has 188 valence electrons. The second-order valence-corrected chi connectivity index (χ2v) is 9.81. The van der Waals surface area contributed by atoms with E-state index in [4.69, 9.17) is 10.6 Å². The number of amides is 3. The highest BCUT2D eigenvalue weighted by Gasteiger charge is 2.31. The van der Waals surface area contributed by atoms with Gasteiger partial charge >= 0.3 is 12.0 Å². The number of nitrogens with zero attached hydrogens (tertiary/aromatic N) is 2. The third kappa shape index (κ3) is 5.79. The van der Waals surface area contributed by atoms with Crippen molar-refractivity contribution in [2.45, 2.75) is 17.7 Å². The van der Waals surface area contributed by atoms with Crippen molar-refractivity contribution in [3.8, 4) is 0 Å². The first-order chi connectivity index (χ1) is 17.2. The maximum atomic E-state index is 13.8. The number of urea groups is 1. The van der Waals surface area contributed by atoms with E-state index < -0.39 is 29.8 Å². The highest BCUT2D eigenvalue weighted by Crippen LogP contribution is 2.34. The summed E-state index contributed by atoms with van der Waals surface area (Å²) in [6, 6.07) is 8.45. The molecule has 0 saturated carbocycles. The van der Waals surface area contributed by atoms with Gasteiger partial charge < -0.3 is 21.2 Å². The molecule has 1 aliphatic heterocycles. The molecule has 1 aromatic heterocycles. The molecule has 1 aliphatic rings. The number of fused-ring (bicyclic) bond motifs is 1. The smallest absolute Gasteiger partial charge is 0.355 e. The van der Waals surface area contributed by atoms with E-state index in [0.717, 1.165) is 22.7 Å². The molecule has 0 spiro atoms. The van der Waals surface area contributed by atoms with Crippen molar-refractivity contribution in [1.29, 1.82) is 0 Å². The monoisotopic (exact) mass is 576 g/mol. The fraction of sp³-hybridized carbons (Fsp3) is 0.217. The predicted molar refractivity (Wildman–Crippen MR) is 137 cm³/mol. The number of aromatic amines is 1. The largest absolute Gasteiger partial charge is 0.372 e. The number of anilines is 1. The van der Waals surface area contributed by atoms with Crippen LogP contribution in [0.2, 0.25) is 0 Å².